The van der Waals surface area contributed by atoms with Crippen LogP contribution in [0.3, 0.4) is 0 Å². The molecule has 146 valence electrons. The van der Waals surface area contributed by atoms with Crippen LogP contribution >= 0.6 is 11.8 Å². The number of hydrogen-bond donors (Lipinski definition) is 0. The number of nitrogens with zero attached hydrogens (tertiary/aromatic N) is 5. The van der Waals surface area contributed by atoms with Crippen molar-refractivity contribution in [3.8, 4) is 11.4 Å². The van der Waals surface area contributed by atoms with Crippen molar-refractivity contribution in [1.29, 1.82) is 0 Å². The van der Waals surface area contributed by atoms with E-state index in [1.807, 2.05) is 17.0 Å². The Morgan fingerprint density at radius 3 is 2.85 bits per heavy atom. The lowest BCUT2D eigenvalue weighted by molar-refractivity contribution is -0.131. The van der Waals surface area contributed by atoms with Crippen molar-refractivity contribution in [2.75, 3.05) is 26.0 Å². The highest BCUT2D eigenvalue weighted by Crippen LogP contribution is 2.25. The van der Waals surface area contributed by atoms with Gasteiger partial charge in [-0.15, -0.1) is 10.2 Å². The molecule has 27 heavy (non-hydrogen) atoms. The fourth-order valence-electron chi connectivity index (χ4n) is 3.36. The zero-order chi connectivity index (χ0) is 19.1. The predicted octanol–water partition coefficient (Wildman–Crippen LogP) is 2.87. The third-order valence-corrected chi connectivity index (χ3v) is 5.79. The van der Waals surface area contributed by atoms with Crippen molar-refractivity contribution >= 4 is 17.7 Å². The maximum atomic E-state index is 12.6. The minimum atomic E-state index is 0.184. The van der Waals surface area contributed by atoms with Gasteiger partial charge < -0.3 is 14.2 Å². The van der Waals surface area contributed by atoms with Crippen LogP contribution in [0.5, 0.6) is 0 Å². The lowest BCUT2D eigenvalue weighted by Crippen LogP contribution is -2.43. The van der Waals surface area contributed by atoms with Crippen LogP contribution in [0, 0.1) is 0 Å². The van der Waals surface area contributed by atoms with Crippen molar-refractivity contribution in [3.05, 3.63) is 24.5 Å². The molecule has 0 saturated carbocycles. The molecule has 3 heterocycles. The molecule has 0 radical (unpaired) electrons. The highest BCUT2D eigenvalue weighted by atomic mass is 32.2. The molecule has 2 aromatic heterocycles. The standard InChI is InChI=1S/C19H27N5O2S/c1-15-6-3-4-11-23(15)17(25)14-27-19-22-21-18(16-7-9-20-10-8-16)24(19)12-5-13-26-2/h7-10,15H,3-6,11-14H2,1-2H3/t15-/m0/s1. The Morgan fingerprint density at radius 1 is 1.30 bits per heavy atom. The van der Waals surface area contributed by atoms with Gasteiger partial charge in [-0.05, 0) is 44.7 Å². The first-order valence-electron chi connectivity index (χ1n) is 9.45. The Bertz CT molecular complexity index is 737. The van der Waals surface area contributed by atoms with Crippen LogP contribution in [0.15, 0.2) is 29.7 Å². The second-order valence-electron chi connectivity index (χ2n) is 6.76. The molecule has 0 spiro atoms. The first-order valence-corrected chi connectivity index (χ1v) is 10.4. The van der Waals surface area contributed by atoms with Gasteiger partial charge in [-0.1, -0.05) is 11.8 Å². The van der Waals surface area contributed by atoms with Gasteiger partial charge in [0.25, 0.3) is 0 Å². The largest absolute Gasteiger partial charge is 0.385 e. The second-order valence-corrected chi connectivity index (χ2v) is 7.70. The van der Waals surface area contributed by atoms with E-state index in [4.69, 9.17) is 4.74 Å². The van der Waals surface area contributed by atoms with E-state index >= 15 is 0 Å². The van der Waals surface area contributed by atoms with Crippen LogP contribution < -0.4 is 0 Å². The summed E-state index contributed by atoms with van der Waals surface area (Å²) in [6.45, 7) is 4.41. The molecule has 3 rings (SSSR count). The molecular formula is C19H27N5O2S. The van der Waals surface area contributed by atoms with Crippen molar-refractivity contribution in [2.24, 2.45) is 0 Å². The zero-order valence-corrected chi connectivity index (χ0v) is 16.8. The number of thioether (sulfide) groups is 1. The first-order chi connectivity index (χ1) is 13.2. The number of hydrogen-bond acceptors (Lipinski definition) is 6. The van der Waals surface area contributed by atoms with Crippen molar-refractivity contribution in [2.45, 2.75) is 50.4 Å². The Balaban J connectivity index is 1.72. The maximum absolute atomic E-state index is 12.6. The molecule has 0 aromatic carbocycles. The van der Waals surface area contributed by atoms with E-state index in [2.05, 4.69) is 26.7 Å². The highest BCUT2D eigenvalue weighted by molar-refractivity contribution is 7.99. The summed E-state index contributed by atoms with van der Waals surface area (Å²) >= 11 is 1.47. The van der Waals surface area contributed by atoms with Gasteiger partial charge in [-0.25, -0.2) is 0 Å². The van der Waals surface area contributed by atoms with Gasteiger partial charge in [0, 0.05) is 50.8 Å². The Kier molecular flexibility index (Phi) is 7.23. The van der Waals surface area contributed by atoms with Crippen LogP contribution in [0.2, 0.25) is 0 Å². The van der Waals surface area contributed by atoms with Crippen LogP contribution in [-0.4, -0.2) is 62.6 Å². The number of carbonyl (C=O) groups excluding carboxylic acids is 1. The maximum Gasteiger partial charge on any atom is 0.233 e. The third-order valence-electron chi connectivity index (χ3n) is 4.83. The van der Waals surface area contributed by atoms with E-state index in [-0.39, 0.29) is 5.91 Å². The Hall–Kier alpha value is -1.93. The number of aromatic nitrogens is 4. The van der Waals surface area contributed by atoms with Gasteiger partial charge in [0.1, 0.15) is 0 Å². The summed E-state index contributed by atoms with van der Waals surface area (Å²) in [6, 6.07) is 4.18. The van der Waals surface area contributed by atoms with E-state index in [0.29, 0.717) is 18.4 Å². The molecule has 0 N–H and O–H groups in total. The smallest absolute Gasteiger partial charge is 0.233 e. The quantitative estimate of drug-likeness (QED) is 0.511. The van der Waals surface area contributed by atoms with Gasteiger partial charge in [0.05, 0.1) is 5.75 Å². The summed E-state index contributed by atoms with van der Waals surface area (Å²) in [7, 11) is 1.70. The monoisotopic (exact) mass is 389 g/mol. The minimum absolute atomic E-state index is 0.184. The van der Waals surface area contributed by atoms with Crippen LogP contribution in [0.4, 0.5) is 0 Å². The third kappa shape index (κ3) is 5.07. The molecule has 1 amide bonds. The van der Waals surface area contributed by atoms with E-state index in [0.717, 1.165) is 48.9 Å². The number of methoxy groups -OCH3 is 1. The van der Waals surface area contributed by atoms with Crippen molar-refractivity contribution in [3.63, 3.8) is 0 Å². The first kappa shape index (κ1) is 19.8. The normalized spacial score (nSPS) is 17.3. The average Bonchev–Trinajstić information content (AvgIpc) is 3.10. The lowest BCUT2D eigenvalue weighted by atomic mass is 10.0. The average molecular weight is 390 g/mol. The Labute approximate surface area is 164 Å². The van der Waals surface area contributed by atoms with E-state index in [1.54, 1.807) is 19.5 Å². The SMILES string of the molecule is COCCCn1c(SCC(=O)N2CCCC[C@@H]2C)nnc1-c1ccncc1. The molecule has 0 aliphatic carbocycles. The number of pyridine rings is 1. The minimum Gasteiger partial charge on any atom is -0.385 e. The van der Waals surface area contributed by atoms with Gasteiger partial charge in [-0.3, -0.25) is 9.78 Å². The topological polar surface area (TPSA) is 73.1 Å². The molecule has 1 aliphatic rings. The molecule has 8 heteroatoms. The molecule has 1 fully saturated rings. The van der Waals surface area contributed by atoms with Crippen molar-refractivity contribution in [1.82, 2.24) is 24.6 Å². The van der Waals surface area contributed by atoms with Gasteiger partial charge in [-0.2, -0.15) is 0 Å². The number of amides is 1. The number of ether oxygens (including phenoxy) is 1. The fourth-order valence-corrected chi connectivity index (χ4v) is 4.21. The predicted molar refractivity (Wildman–Crippen MR) is 105 cm³/mol. The molecule has 1 saturated heterocycles. The molecule has 0 bridgehead atoms. The van der Waals surface area contributed by atoms with Gasteiger partial charge in [0.15, 0.2) is 11.0 Å². The molecule has 2 aromatic rings. The number of carbonyl (C=O) groups is 1. The number of rotatable bonds is 8. The fraction of sp³-hybridized carbons (Fsp3) is 0.579. The molecule has 7 nitrogen and oxygen atoms in total. The second kappa shape index (κ2) is 9.85. The van der Waals surface area contributed by atoms with E-state index in [9.17, 15) is 4.79 Å². The van der Waals surface area contributed by atoms with Crippen LogP contribution in [0.1, 0.15) is 32.6 Å². The molecule has 1 aliphatic heterocycles. The molecule has 1 atom stereocenters. The summed E-state index contributed by atoms with van der Waals surface area (Å²) in [6.07, 6.45) is 7.75. The lowest BCUT2D eigenvalue weighted by Gasteiger charge is -2.33. The summed E-state index contributed by atoms with van der Waals surface area (Å²) in [5.41, 5.74) is 0.970. The van der Waals surface area contributed by atoms with Gasteiger partial charge in [0.2, 0.25) is 5.91 Å². The highest BCUT2D eigenvalue weighted by Gasteiger charge is 2.24. The zero-order valence-electron chi connectivity index (χ0n) is 16.0. The van der Waals surface area contributed by atoms with Crippen LogP contribution in [-0.2, 0) is 16.1 Å². The molecule has 0 unspecified atom stereocenters. The van der Waals surface area contributed by atoms with E-state index in [1.165, 1.54) is 18.2 Å². The summed E-state index contributed by atoms with van der Waals surface area (Å²) in [4.78, 5) is 18.7. The van der Waals surface area contributed by atoms with Gasteiger partial charge >= 0.3 is 0 Å². The number of piperidine rings is 1. The summed E-state index contributed by atoms with van der Waals surface area (Å²) in [5, 5.41) is 9.49. The summed E-state index contributed by atoms with van der Waals surface area (Å²) in [5.74, 6) is 1.38. The van der Waals surface area contributed by atoms with Crippen LogP contribution in [0.25, 0.3) is 11.4 Å². The summed E-state index contributed by atoms with van der Waals surface area (Å²) < 4.78 is 7.26. The van der Waals surface area contributed by atoms with E-state index < -0.39 is 0 Å². The number of likely N-dealkylation sites (tertiary alicyclic amines) is 1. The van der Waals surface area contributed by atoms with Crippen molar-refractivity contribution < 1.29 is 9.53 Å². The molecular weight excluding hydrogens is 362 g/mol. The Morgan fingerprint density at radius 2 is 2.11 bits per heavy atom.